The number of carbonyl (C=O) groups is 1. The van der Waals surface area contributed by atoms with Crippen LogP contribution < -0.4 is 10.6 Å². The third kappa shape index (κ3) is 2.54. The van der Waals surface area contributed by atoms with E-state index in [0.29, 0.717) is 18.7 Å². The van der Waals surface area contributed by atoms with Crippen LogP contribution in [-0.4, -0.2) is 18.5 Å². The molecule has 1 unspecified atom stereocenters. The average molecular weight is 283 g/mol. The Labute approximate surface area is 113 Å². The number of hydrogen-bond acceptors (Lipinski definition) is 3. The van der Waals surface area contributed by atoms with E-state index in [1.807, 2.05) is 0 Å². The second-order valence-electron chi connectivity index (χ2n) is 4.59. The van der Waals surface area contributed by atoms with Crippen molar-refractivity contribution >= 4 is 11.6 Å². The number of nitriles is 1. The summed E-state index contributed by atoms with van der Waals surface area (Å²) >= 11 is 0. The lowest BCUT2D eigenvalue weighted by Crippen LogP contribution is -2.40. The number of benzene rings is 1. The Bertz CT molecular complexity index is 577. The number of halogens is 3. The lowest BCUT2D eigenvalue weighted by Gasteiger charge is -2.25. The molecule has 1 saturated heterocycles. The van der Waals surface area contributed by atoms with Crippen molar-refractivity contribution in [2.24, 2.45) is 5.73 Å². The summed E-state index contributed by atoms with van der Waals surface area (Å²) in [6.07, 6.45) is -3.27. The van der Waals surface area contributed by atoms with Crippen LogP contribution >= 0.6 is 0 Å². The summed E-state index contributed by atoms with van der Waals surface area (Å²) in [5.74, 6) is -0.513. The zero-order valence-corrected chi connectivity index (χ0v) is 10.4. The van der Waals surface area contributed by atoms with Crippen LogP contribution in [0.5, 0.6) is 0 Å². The van der Waals surface area contributed by atoms with Crippen LogP contribution in [0.1, 0.15) is 24.0 Å². The van der Waals surface area contributed by atoms with Gasteiger partial charge in [0.2, 0.25) is 5.91 Å². The summed E-state index contributed by atoms with van der Waals surface area (Å²) in [5, 5.41) is 8.86. The maximum Gasteiger partial charge on any atom is 0.417 e. The van der Waals surface area contributed by atoms with Crippen LogP contribution in [0.2, 0.25) is 0 Å². The quantitative estimate of drug-likeness (QED) is 0.902. The number of nitrogens with zero attached hydrogens (tertiary/aromatic N) is 2. The molecule has 0 radical (unpaired) electrons. The lowest BCUT2D eigenvalue weighted by atomic mass is 10.1. The molecule has 20 heavy (non-hydrogen) atoms. The molecule has 1 aliphatic rings. The summed E-state index contributed by atoms with van der Waals surface area (Å²) in [7, 11) is 0. The second-order valence-corrected chi connectivity index (χ2v) is 4.59. The average Bonchev–Trinajstić information content (AvgIpc) is 2.86. The molecule has 0 bridgehead atoms. The molecule has 0 saturated carbocycles. The van der Waals surface area contributed by atoms with Crippen molar-refractivity contribution in [1.29, 1.82) is 5.26 Å². The van der Waals surface area contributed by atoms with Crippen molar-refractivity contribution in [3.63, 3.8) is 0 Å². The molecule has 2 N–H and O–H groups in total. The van der Waals surface area contributed by atoms with Gasteiger partial charge in [0.05, 0.1) is 17.2 Å². The molecule has 0 spiro atoms. The Morgan fingerprint density at radius 3 is 2.70 bits per heavy atom. The van der Waals surface area contributed by atoms with Crippen LogP contribution in [0.3, 0.4) is 0 Å². The summed E-state index contributed by atoms with van der Waals surface area (Å²) < 4.78 is 38.1. The van der Waals surface area contributed by atoms with Crippen molar-refractivity contribution in [2.45, 2.75) is 25.1 Å². The van der Waals surface area contributed by atoms with Gasteiger partial charge in [0, 0.05) is 12.2 Å². The minimum atomic E-state index is -4.57. The van der Waals surface area contributed by atoms with Gasteiger partial charge in [-0.05, 0) is 31.0 Å². The van der Waals surface area contributed by atoms with E-state index < -0.39 is 29.3 Å². The Hall–Kier alpha value is -2.23. The molecule has 1 aromatic carbocycles. The molecule has 1 aromatic rings. The van der Waals surface area contributed by atoms with Crippen LogP contribution in [0.4, 0.5) is 18.9 Å². The van der Waals surface area contributed by atoms with Gasteiger partial charge in [-0.1, -0.05) is 0 Å². The van der Waals surface area contributed by atoms with Gasteiger partial charge < -0.3 is 10.6 Å². The molecule has 0 aromatic heterocycles. The number of anilines is 1. The number of primary amides is 1. The monoisotopic (exact) mass is 283 g/mol. The van der Waals surface area contributed by atoms with Gasteiger partial charge in [-0.15, -0.1) is 0 Å². The number of nitrogens with two attached hydrogens (primary N) is 1. The van der Waals surface area contributed by atoms with E-state index in [1.54, 1.807) is 11.0 Å². The molecule has 106 valence electrons. The van der Waals surface area contributed by atoms with E-state index in [4.69, 9.17) is 11.0 Å². The first-order valence-corrected chi connectivity index (χ1v) is 6.02. The summed E-state index contributed by atoms with van der Waals surface area (Å²) in [6.45, 7) is 0.532. The smallest absolute Gasteiger partial charge is 0.368 e. The molecule has 1 fully saturated rings. The lowest BCUT2D eigenvalue weighted by molar-refractivity contribution is -0.137. The number of carbonyl (C=O) groups excluding carboxylic acids is 1. The normalized spacial score (nSPS) is 18.9. The molecule has 7 heteroatoms. The Balaban J connectivity index is 2.40. The van der Waals surface area contributed by atoms with Crippen LogP contribution in [0.15, 0.2) is 18.2 Å². The molecule has 4 nitrogen and oxygen atoms in total. The second kappa shape index (κ2) is 5.04. The molecular formula is C13H12F3N3O. The summed E-state index contributed by atoms with van der Waals surface area (Å²) in [4.78, 5) is 12.9. The van der Waals surface area contributed by atoms with Crippen molar-refractivity contribution in [3.8, 4) is 6.07 Å². The van der Waals surface area contributed by atoms with Gasteiger partial charge in [0.1, 0.15) is 6.04 Å². The Morgan fingerprint density at radius 1 is 1.45 bits per heavy atom. The molecule has 1 atom stereocenters. The van der Waals surface area contributed by atoms with Crippen molar-refractivity contribution in [2.75, 3.05) is 11.4 Å². The third-order valence-electron chi connectivity index (χ3n) is 3.34. The van der Waals surface area contributed by atoms with Gasteiger partial charge in [0.25, 0.3) is 0 Å². The van der Waals surface area contributed by atoms with E-state index in [-0.39, 0.29) is 0 Å². The summed E-state index contributed by atoms with van der Waals surface area (Å²) in [6, 6.07) is 4.31. The van der Waals surface area contributed by atoms with Gasteiger partial charge in [-0.3, -0.25) is 4.79 Å². The fraction of sp³-hybridized carbons (Fsp3) is 0.385. The number of rotatable bonds is 2. The summed E-state index contributed by atoms with van der Waals surface area (Å²) in [5.41, 5.74) is 4.26. The minimum Gasteiger partial charge on any atom is -0.368 e. The van der Waals surface area contributed by atoms with Crippen molar-refractivity contribution < 1.29 is 18.0 Å². The van der Waals surface area contributed by atoms with E-state index in [0.717, 1.165) is 18.6 Å². The Morgan fingerprint density at radius 2 is 2.15 bits per heavy atom. The predicted molar refractivity (Wildman–Crippen MR) is 65.7 cm³/mol. The largest absolute Gasteiger partial charge is 0.417 e. The highest BCUT2D eigenvalue weighted by Crippen LogP contribution is 2.35. The maximum atomic E-state index is 12.7. The van der Waals surface area contributed by atoms with Gasteiger partial charge >= 0.3 is 6.18 Å². The standard InChI is InChI=1S/C13H12F3N3O/c14-13(15,16)10-4-3-9(6-8(10)7-17)19-5-1-2-11(19)12(18)20/h3-4,6,11H,1-2,5H2,(H2,18,20). The van der Waals surface area contributed by atoms with E-state index in [2.05, 4.69) is 0 Å². The van der Waals surface area contributed by atoms with Gasteiger partial charge in [-0.2, -0.15) is 18.4 Å². The minimum absolute atomic E-state index is 0.413. The third-order valence-corrected chi connectivity index (χ3v) is 3.34. The zero-order chi connectivity index (χ0) is 14.9. The molecule has 2 rings (SSSR count). The fourth-order valence-electron chi connectivity index (χ4n) is 2.42. The molecule has 0 aliphatic carbocycles. The molecule has 1 amide bonds. The van der Waals surface area contributed by atoms with E-state index in [9.17, 15) is 18.0 Å². The van der Waals surface area contributed by atoms with Crippen LogP contribution in [-0.2, 0) is 11.0 Å². The SMILES string of the molecule is N#Cc1cc(N2CCCC2C(N)=O)ccc1C(F)(F)F. The number of amides is 1. The predicted octanol–water partition coefficient (Wildman–Crippen LogP) is 2.03. The molecular weight excluding hydrogens is 271 g/mol. The van der Waals surface area contributed by atoms with Gasteiger partial charge in [0.15, 0.2) is 0 Å². The fourth-order valence-corrected chi connectivity index (χ4v) is 2.42. The molecule has 1 heterocycles. The first-order chi connectivity index (χ1) is 9.34. The van der Waals surface area contributed by atoms with E-state index in [1.165, 1.54) is 6.07 Å². The Kier molecular flexibility index (Phi) is 3.57. The van der Waals surface area contributed by atoms with Crippen LogP contribution in [0, 0.1) is 11.3 Å². The highest BCUT2D eigenvalue weighted by atomic mass is 19.4. The molecule has 1 aliphatic heterocycles. The topological polar surface area (TPSA) is 70.1 Å². The number of hydrogen-bond donors (Lipinski definition) is 1. The first kappa shape index (κ1) is 14.2. The number of alkyl halides is 3. The van der Waals surface area contributed by atoms with Crippen LogP contribution in [0.25, 0.3) is 0 Å². The highest BCUT2D eigenvalue weighted by molar-refractivity contribution is 5.84. The van der Waals surface area contributed by atoms with Crippen molar-refractivity contribution in [1.82, 2.24) is 0 Å². The zero-order valence-electron chi connectivity index (χ0n) is 10.4. The highest BCUT2D eigenvalue weighted by Gasteiger charge is 2.35. The van der Waals surface area contributed by atoms with Crippen molar-refractivity contribution in [3.05, 3.63) is 29.3 Å². The first-order valence-electron chi connectivity index (χ1n) is 6.02. The van der Waals surface area contributed by atoms with E-state index >= 15 is 0 Å². The maximum absolute atomic E-state index is 12.7. The van der Waals surface area contributed by atoms with Gasteiger partial charge in [-0.25, -0.2) is 0 Å².